The number of benzene rings is 2. The van der Waals surface area contributed by atoms with Crippen molar-refractivity contribution in [2.24, 2.45) is 0 Å². The number of esters is 1. The van der Waals surface area contributed by atoms with Crippen LogP contribution in [0.15, 0.2) is 47.3 Å². The maximum absolute atomic E-state index is 14.6. The molecule has 2 heterocycles. The molecular formula is C25H26FN3O6S. The third-order valence-corrected chi connectivity index (χ3v) is 6.73. The average Bonchev–Trinajstić information content (AvgIpc) is 3.50. The highest BCUT2D eigenvalue weighted by Crippen LogP contribution is 2.27. The van der Waals surface area contributed by atoms with E-state index in [4.69, 9.17) is 9.47 Å². The molecule has 4 N–H and O–H groups in total. The summed E-state index contributed by atoms with van der Waals surface area (Å²) in [6, 6.07) is 10.1. The highest BCUT2D eigenvalue weighted by molar-refractivity contribution is 7.09. The lowest BCUT2D eigenvalue weighted by Crippen LogP contribution is -2.49. The monoisotopic (exact) mass is 515 g/mol. The highest BCUT2D eigenvalue weighted by Gasteiger charge is 2.28. The number of carbonyl (C=O) groups is 2. The largest absolute Gasteiger partial charge is 0.494 e. The van der Waals surface area contributed by atoms with Gasteiger partial charge < -0.3 is 25.2 Å². The Morgan fingerprint density at radius 2 is 1.97 bits per heavy atom. The summed E-state index contributed by atoms with van der Waals surface area (Å²) in [6.45, 7) is 0.772. The number of halogens is 1. The first kappa shape index (κ1) is 25.4. The normalized spacial score (nSPS) is 15.9. The van der Waals surface area contributed by atoms with Gasteiger partial charge in [0.25, 0.3) is 0 Å². The Kier molecular flexibility index (Phi) is 8.01. The third kappa shape index (κ3) is 6.29. The number of amides is 1. The second-order valence-corrected chi connectivity index (χ2v) is 9.47. The molecule has 1 aromatic heterocycles. The van der Waals surface area contributed by atoms with Crippen molar-refractivity contribution in [3.05, 3.63) is 74.0 Å². The van der Waals surface area contributed by atoms with E-state index in [-0.39, 0.29) is 36.4 Å². The van der Waals surface area contributed by atoms with E-state index in [0.717, 1.165) is 36.3 Å². The first-order chi connectivity index (χ1) is 17.3. The number of methoxy groups -OCH3 is 1. The van der Waals surface area contributed by atoms with Crippen molar-refractivity contribution in [1.82, 2.24) is 15.6 Å². The molecular weight excluding hydrogens is 489 g/mol. The van der Waals surface area contributed by atoms with Crippen LogP contribution in [0.2, 0.25) is 0 Å². The van der Waals surface area contributed by atoms with Gasteiger partial charge in [0.2, 0.25) is 11.8 Å². The Morgan fingerprint density at radius 1 is 1.22 bits per heavy atom. The molecule has 4 rings (SSSR count). The number of hydrogen-bond acceptors (Lipinski definition) is 8. The molecule has 1 aliphatic rings. The van der Waals surface area contributed by atoms with Gasteiger partial charge in [-0.05, 0) is 48.7 Å². The smallest absolute Gasteiger partial charge is 0.328 e. The molecule has 0 aliphatic carbocycles. The summed E-state index contributed by atoms with van der Waals surface area (Å²) >= 11 is 0.828. The number of aromatic hydroxyl groups is 1. The molecule has 1 saturated heterocycles. The molecule has 2 aromatic carbocycles. The minimum Gasteiger partial charge on any atom is -0.494 e. The summed E-state index contributed by atoms with van der Waals surface area (Å²) in [6.07, 6.45) is 1.95. The highest BCUT2D eigenvalue weighted by atomic mass is 32.1. The standard InChI is InChI=1S/C25H26FN3O6S/c1-34-24(32)20(28-22(30)19-3-2-10-27-19)11-14-4-7-16(8-5-14)35-17-9-6-15(18(26)13-17)12-21-23(31)29-25(33)36-21/h4-9,13,19-20,27,31H,2-3,10-12H2,1H3,(H,28,30)(H,29,33). The molecule has 0 saturated carbocycles. The van der Waals surface area contributed by atoms with E-state index < -0.39 is 22.7 Å². The van der Waals surface area contributed by atoms with E-state index >= 15 is 0 Å². The Labute approximate surface area is 210 Å². The first-order valence-electron chi connectivity index (χ1n) is 11.4. The van der Waals surface area contributed by atoms with Crippen molar-refractivity contribution >= 4 is 23.2 Å². The van der Waals surface area contributed by atoms with Gasteiger partial charge in [-0.3, -0.25) is 14.6 Å². The van der Waals surface area contributed by atoms with Crippen LogP contribution in [-0.2, 0) is 27.2 Å². The Balaban J connectivity index is 1.38. The van der Waals surface area contributed by atoms with Crippen LogP contribution in [0.4, 0.5) is 4.39 Å². The quantitative estimate of drug-likeness (QED) is 0.322. The van der Waals surface area contributed by atoms with Crippen molar-refractivity contribution in [2.75, 3.05) is 13.7 Å². The van der Waals surface area contributed by atoms with E-state index in [9.17, 15) is 23.9 Å². The van der Waals surface area contributed by atoms with Crippen molar-refractivity contribution in [2.45, 2.75) is 37.8 Å². The molecule has 1 amide bonds. The Hall–Kier alpha value is -3.70. The molecule has 2 atom stereocenters. The second-order valence-electron chi connectivity index (χ2n) is 8.40. The molecule has 2 unspecified atom stereocenters. The van der Waals surface area contributed by atoms with Crippen LogP contribution in [0, 0.1) is 5.82 Å². The summed E-state index contributed by atoms with van der Waals surface area (Å²) in [7, 11) is 1.28. The van der Waals surface area contributed by atoms with E-state index in [1.165, 1.54) is 19.2 Å². The van der Waals surface area contributed by atoms with Gasteiger partial charge in [-0.25, -0.2) is 9.18 Å². The SMILES string of the molecule is COC(=O)C(Cc1ccc(Oc2ccc(Cc3sc(=O)[nH]c3O)c(F)c2)cc1)NC(=O)C1CCCN1. The summed E-state index contributed by atoms with van der Waals surface area (Å²) in [5.41, 5.74) is 1.09. The predicted octanol–water partition coefficient (Wildman–Crippen LogP) is 2.62. The molecule has 0 radical (unpaired) electrons. The van der Waals surface area contributed by atoms with Crippen LogP contribution < -0.4 is 20.2 Å². The molecule has 1 fully saturated rings. The fourth-order valence-corrected chi connectivity index (χ4v) is 4.71. The lowest BCUT2D eigenvalue weighted by atomic mass is 10.0. The molecule has 1 aliphatic heterocycles. The summed E-state index contributed by atoms with van der Waals surface area (Å²) in [5.74, 6) is -0.807. The zero-order valence-corrected chi connectivity index (χ0v) is 20.3. The zero-order valence-electron chi connectivity index (χ0n) is 19.5. The summed E-state index contributed by atoms with van der Waals surface area (Å²) in [5, 5.41) is 15.6. The van der Waals surface area contributed by atoms with Crippen LogP contribution in [-0.4, -0.2) is 47.7 Å². The minimum atomic E-state index is -0.823. The topological polar surface area (TPSA) is 130 Å². The zero-order chi connectivity index (χ0) is 25.7. The fourth-order valence-electron chi connectivity index (χ4n) is 3.96. The van der Waals surface area contributed by atoms with E-state index in [0.29, 0.717) is 16.2 Å². The third-order valence-electron chi connectivity index (χ3n) is 5.85. The number of aromatic nitrogens is 1. The van der Waals surface area contributed by atoms with Gasteiger partial charge in [0.1, 0.15) is 23.4 Å². The van der Waals surface area contributed by atoms with Crippen molar-refractivity contribution in [1.29, 1.82) is 0 Å². The molecule has 0 spiro atoms. The van der Waals surface area contributed by atoms with E-state index in [1.807, 2.05) is 0 Å². The number of hydrogen-bond donors (Lipinski definition) is 4. The van der Waals surface area contributed by atoms with Crippen molar-refractivity contribution in [3.8, 4) is 17.4 Å². The fraction of sp³-hybridized carbons (Fsp3) is 0.320. The number of thiazole rings is 1. The summed E-state index contributed by atoms with van der Waals surface area (Å²) in [4.78, 5) is 38.2. The molecule has 36 heavy (non-hydrogen) atoms. The molecule has 190 valence electrons. The minimum absolute atomic E-state index is 0.0742. The predicted molar refractivity (Wildman–Crippen MR) is 131 cm³/mol. The Morgan fingerprint density at radius 3 is 2.58 bits per heavy atom. The number of carbonyl (C=O) groups excluding carboxylic acids is 2. The van der Waals surface area contributed by atoms with Gasteiger partial charge in [-0.2, -0.15) is 0 Å². The molecule has 3 aromatic rings. The van der Waals surface area contributed by atoms with Gasteiger partial charge in [0, 0.05) is 18.9 Å². The molecule has 0 bridgehead atoms. The van der Waals surface area contributed by atoms with Crippen molar-refractivity contribution in [3.63, 3.8) is 0 Å². The molecule has 11 heteroatoms. The van der Waals surface area contributed by atoms with Crippen LogP contribution >= 0.6 is 11.3 Å². The van der Waals surface area contributed by atoms with Crippen molar-refractivity contribution < 1.29 is 28.6 Å². The number of rotatable bonds is 9. The average molecular weight is 516 g/mol. The maximum Gasteiger partial charge on any atom is 0.328 e. The van der Waals surface area contributed by atoms with Gasteiger partial charge in [0.15, 0.2) is 0 Å². The van der Waals surface area contributed by atoms with Gasteiger partial charge in [-0.15, -0.1) is 0 Å². The Bertz CT molecular complexity index is 1280. The van der Waals surface area contributed by atoms with E-state index in [1.54, 1.807) is 30.3 Å². The van der Waals surface area contributed by atoms with Crippen LogP contribution in [0.5, 0.6) is 17.4 Å². The lowest BCUT2D eigenvalue weighted by molar-refractivity contribution is -0.145. The summed E-state index contributed by atoms with van der Waals surface area (Å²) < 4.78 is 25.2. The number of nitrogens with one attached hydrogen (secondary N) is 3. The van der Waals surface area contributed by atoms with Crippen LogP contribution in [0.3, 0.4) is 0 Å². The number of aromatic amines is 1. The lowest BCUT2D eigenvalue weighted by Gasteiger charge is -2.19. The van der Waals surface area contributed by atoms with E-state index in [2.05, 4.69) is 15.6 Å². The maximum atomic E-state index is 14.6. The first-order valence-corrected chi connectivity index (χ1v) is 12.2. The van der Waals surface area contributed by atoms with Gasteiger partial charge in [-0.1, -0.05) is 29.5 Å². The van der Waals surface area contributed by atoms with Crippen LogP contribution in [0.1, 0.15) is 28.8 Å². The van der Waals surface area contributed by atoms with Gasteiger partial charge in [0.05, 0.1) is 18.0 Å². The number of ether oxygens (including phenoxy) is 2. The second kappa shape index (κ2) is 11.4. The van der Waals surface area contributed by atoms with Gasteiger partial charge >= 0.3 is 10.8 Å². The number of H-pyrrole nitrogens is 1. The molecule has 9 nitrogen and oxygen atoms in total. The van der Waals surface area contributed by atoms with Crippen LogP contribution in [0.25, 0.3) is 0 Å².